The average Bonchev–Trinajstić information content (AvgIpc) is 2.51. The minimum Gasteiger partial charge on any atom is -0.355 e. The van der Waals surface area contributed by atoms with E-state index in [4.69, 9.17) is 0 Å². The SMILES string of the molecule is CC1NCCN(C(=O)CCNC(=O)Cc2ccccc2)C1C.Cl. The van der Waals surface area contributed by atoms with Crippen LogP contribution >= 0.6 is 12.4 Å². The van der Waals surface area contributed by atoms with Gasteiger partial charge in [0.2, 0.25) is 11.8 Å². The molecule has 2 atom stereocenters. The minimum atomic E-state index is -0.0410. The maximum absolute atomic E-state index is 12.2. The third-order valence-electron chi connectivity index (χ3n) is 4.22. The number of hydrogen-bond donors (Lipinski definition) is 2. The fourth-order valence-electron chi connectivity index (χ4n) is 2.70. The Bertz CT molecular complexity index is 510. The Hall–Kier alpha value is -1.59. The summed E-state index contributed by atoms with van der Waals surface area (Å²) in [5, 5.41) is 6.18. The van der Waals surface area contributed by atoms with Gasteiger partial charge in [-0.2, -0.15) is 0 Å². The van der Waals surface area contributed by atoms with Crippen molar-refractivity contribution in [2.75, 3.05) is 19.6 Å². The maximum Gasteiger partial charge on any atom is 0.224 e. The smallest absolute Gasteiger partial charge is 0.224 e. The Labute approximate surface area is 144 Å². The molecule has 0 spiro atoms. The molecular formula is C17H26ClN3O2. The molecule has 0 radical (unpaired) electrons. The first-order valence-electron chi connectivity index (χ1n) is 7.91. The number of hydrogen-bond acceptors (Lipinski definition) is 3. The number of rotatable bonds is 5. The number of nitrogens with zero attached hydrogens (tertiary/aromatic N) is 1. The highest BCUT2D eigenvalue weighted by molar-refractivity contribution is 5.85. The van der Waals surface area contributed by atoms with Gasteiger partial charge in [0.05, 0.1) is 6.42 Å². The molecule has 23 heavy (non-hydrogen) atoms. The first-order chi connectivity index (χ1) is 10.6. The van der Waals surface area contributed by atoms with Gasteiger partial charge in [-0.3, -0.25) is 9.59 Å². The summed E-state index contributed by atoms with van der Waals surface area (Å²) in [7, 11) is 0. The third kappa shape index (κ3) is 5.84. The molecule has 1 saturated heterocycles. The quantitative estimate of drug-likeness (QED) is 0.851. The molecule has 2 amide bonds. The summed E-state index contributed by atoms with van der Waals surface area (Å²) >= 11 is 0. The number of benzene rings is 1. The van der Waals surface area contributed by atoms with Crippen LogP contribution in [0.25, 0.3) is 0 Å². The Morgan fingerprint density at radius 3 is 2.65 bits per heavy atom. The van der Waals surface area contributed by atoms with Crippen LogP contribution in [-0.4, -0.2) is 48.4 Å². The van der Waals surface area contributed by atoms with Crippen LogP contribution in [0.5, 0.6) is 0 Å². The summed E-state index contributed by atoms with van der Waals surface area (Å²) < 4.78 is 0. The predicted molar refractivity (Wildman–Crippen MR) is 93.7 cm³/mol. The van der Waals surface area contributed by atoms with Crippen molar-refractivity contribution in [3.8, 4) is 0 Å². The molecule has 2 rings (SSSR count). The summed E-state index contributed by atoms with van der Waals surface area (Å²) in [6.45, 7) is 6.11. The fourth-order valence-corrected chi connectivity index (χ4v) is 2.70. The second kappa shape index (κ2) is 9.53. The van der Waals surface area contributed by atoms with E-state index in [0.29, 0.717) is 25.4 Å². The second-order valence-corrected chi connectivity index (χ2v) is 5.83. The van der Waals surface area contributed by atoms with Gasteiger partial charge in [-0.25, -0.2) is 0 Å². The first-order valence-corrected chi connectivity index (χ1v) is 7.91. The number of carbonyl (C=O) groups is 2. The first kappa shape index (κ1) is 19.5. The highest BCUT2D eigenvalue weighted by Crippen LogP contribution is 2.10. The maximum atomic E-state index is 12.2. The molecule has 1 heterocycles. The van der Waals surface area contributed by atoms with Crippen LogP contribution in [0.2, 0.25) is 0 Å². The summed E-state index contributed by atoms with van der Waals surface area (Å²) in [6, 6.07) is 10.1. The lowest BCUT2D eigenvalue weighted by molar-refractivity contribution is -0.134. The molecule has 1 aliphatic rings. The summed E-state index contributed by atoms with van der Waals surface area (Å²) in [5.41, 5.74) is 0.982. The number of amides is 2. The van der Waals surface area contributed by atoms with Gasteiger partial charge in [-0.1, -0.05) is 30.3 Å². The van der Waals surface area contributed by atoms with Crippen molar-refractivity contribution in [2.45, 2.75) is 38.8 Å². The van der Waals surface area contributed by atoms with Crippen molar-refractivity contribution in [3.63, 3.8) is 0 Å². The molecule has 1 aliphatic heterocycles. The van der Waals surface area contributed by atoms with Gasteiger partial charge in [-0.05, 0) is 19.4 Å². The minimum absolute atomic E-state index is 0. The zero-order valence-corrected chi connectivity index (χ0v) is 14.6. The van der Waals surface area contributed by atoms with Crippen LogP contribution in [-0.2, 0) is 16.0 Å². The molecular weight excluding hydrogens is 314 g/mol. The molecule has 1 aromatic rings. The Morgan fingerprint density at radius 2 is 1.96 bits per heavy atom. The van der Waals surface area contributed by atoms with E-state index in [1.807, 2.05) is 35.2 Å². The molecule has 0 aromatic heterocycles. The second-order valence-electron chi connectivity index (χ2n) is 5.83. The lowest BCUT2D eigenvalue weighted by Crippen LogP contribution is -2.57. The van der Waals surface area contributed by atoms with Gasteiger partial charge < -0.3 is 15.5 Å². The van der Waals surface area contributed by atoms with Crippen LogP contribution in [0, 0.1) is 0 Å². The predicted octanol–water partition coefficient (Wildman–Crippen LogP) is 1.37. The molecule has 0 bridgehead atoms. The van der Waals surface area contributed by atoms with Gasteiger partial charge in [-0.15, -0.1) is 12.4 Å². The van der Waals surface area contributed by atoms with E-state index in [-0.39, 0.29) is 30.3 Å². The van der Waals surface area contributed by atoms with E-state index < -0.39 is 0 Å². The van der Waals surface area contributed by atoms with Crippen LogP contribution in [0.15, 0.2) is 30.3 Å². The molecule has 2 unspecified atom stereocenters. The number of piperazine rings is 1. The molecule has 128 valence electrons. The van der Waals surface area contributed by atoms with Gasteiger partial charge in [0.25, 0.3) is 0 Å². The fraction of sp³-hybridized carbons (Fsp3) is 0.529. The van der Waals surface area contributed by atoms with E-state index >= 15 is 0 Å². The van der Waals surface area contributed by atoms with Gasteiger partial charge in [0, 0.05) is 38.1 Å². The van der Waals surface area contributed by atoms with Crippen molar-refractivity contribution in [1.82, 2.24) is 15.5 Å². The summed E-state index contributed by atoms with van der Waals surface area (Å²) in [6.07, 6.45) is 0.716. The summed E-state index contributed by atoms with van der Waals surface area (Å²) in [4.78, 5) is 26.0. The van der Waals surface area contributed by atoms with Crippen LogP contribution in [0.4, 0.5) is 0 Å². The van der Waals surface area contributed by atoms with E-state index in [9.17, 15) is 9.59 Å². The zero-order valence-electron chi connectivity index (χ0n) is 13.7. The van der Waals surface area contributed by atoms with E-state index in [0.717, 1.165) is 18.7 Å². The van der Waals surface area contributed by atoms with Crippen molar-refractivity contribution >= 4 is 24.2 Å². The summed E-state index contributed by atoms with van der Waals surface area (Å²) in [5.74, 6) is 0.0709. The highest BCUT2D eigenvalue weighted by Gasteiger charge is 2.27. The third-order valence-corrected chi connectivity index (χ3v) is 4.22. The number of nitrogens with one attached hydrogen (secondary N) is 2. The van der Waals surface area contributed by atoms with E-state index in [1.165, 1.54) is 0 Å². The van der Waals surface area contributed by atoms with Gasteiger partial charge in [0.1, 0.15) is 0 Å². The van der Waals surface area contributed by atoms with Crippen molar-refractivity contribution in [3.05, 3.63) is 35.9 Å². The normalized spacial score (nSPS) is 20.5. The topological polar surface area (TPSA) is 61.4 Å². The number of halogens is 1. The van der Waals surface area contributed by atoms with Crippen molar-refractivity contribution < 1.29 is 9.59 Å². The Balaban J connectivity index is 0.00000264. The monoisotopic (exact) mass is 339 g/mol. The Morgan fingerprint density at radius 1 is 1.26 bits per heavy atom. The molecule has 0 aliphatic carbocycles. The molecule has 6 heteroatoms. The zero-order chi connectivity index (χ0) is 15.9. The molecule has 0 saturated carbocycles. The molecule has 1 aromatic carbocycles. The van der Waals surface area contributed by atoms with E-state index in [1.54, 1.807) is 0 Å². The van der Waals surface area contributed by atoms with E-state index in [2.05, 4.69) is 24.5 Å². The molecule has 1 fully saturated rings. The molecule has 5 nitrogen and oxygen atoms in total. The van der Waals surface area contributed by atoms with Crippen LogP contribution in [0.3, 0.4) is 0 Å². The van der Waals surface area contributed by atoms with Crippen molar-refractivity contribution in [1.29, 1.82) is 0 Å². The van der Waals surface area contributed by atoms with Gasteiger partial charge >= 0.3 is 0 Å². The lowest BCUT2D eigenvalue weighted by atomic mass is 10.1. The van der Waals surface area contributed by atoms with Gasteiger partial charge in [0.15, 0.2) is 0 Å². The standard InChI is InChI=1S/C17H25N3O2.ClH/c1-13-14(2)20(11-10-18-13)17(22)8-9-19-16(21)12-15-6-4-3-5-7-15;/h3-7,13-14,18H,8-12H2,1-2H3,(H,19,21);1H. The Kier molecular flexibility index (Phi) is 8.06. The van der Waals surface area contributed by atoms with Crippen LogP contribution < -0.4 is 10.6 Å². The molecule has 2 N–H and O–H groups in total. The van der Waals surface area contributed by atoms with Crippen molar-refractivity contribution in [2.24, 2.45) is 0 Å². The average molecular weight is 340 g/mol. The van der Waals surface area contributed by atoms with Crippen LogP contribution in [0.1, 0.15) is 25.8 Å². The largest absolute Gasteiger partial charge is 0.355 e. The highest BCUT2D eigenvalue weighted by atomic mass is 35.5. The lowest BCUT2D eigenvalue weighted by Gasteiger charge is -2.38. The number of carbonyl (C=O) groups excluding carboxylic acids is 2.